The summed E-state index contributed by atoms with van der Waals surface area (Å²) in [6.07, 6.45) is 0. The molecular weight excluding hydrogens is 348 g/mol. The van der Waals surface area contributed by atoms with E-state index in [1.54, 1.807) is 44.2 Å². The van der Waals surface area contributed by atoms with Crippen LogP contribution in [-0.4, -0.2) is 20.4 Å². The van der Waals surface area contributed by atoms with Crippen molar-refractivity contribution in [3.05, 3.63) is 68.7 Å². The molecule has 1 amide bonds. The number of aromatic nitrogens is 3. The van der Waals surface area contributed by atoms with E-state index in [1.807, 2.05) is 0 Å². The molecule has 136 valence electrons. The summed E-state index contributed by atoms with van der Waals surface area (Å²) in [4.78, 5) is 43.7. The maximum Gasteiger partial charge on any atom is 0.328 e. The minimum Gasteiger partial charge on any atom is -0.441 e. The van der Waals surface area contributed by atoms with Crippen molar-refractivity contribution >= 4 is 33.6 Å². The van der Waals surface area contributed by atoms with Gasteiger partial charge >= 0.3 is 5.69 Å². The van der Waals surface area contributed by atoms with Crippen LogP contribution in [0.15, 0.2) is 50.4 Å². The van der Waals surface area contributed by atoms with Crippen LogP contribution in [0.4, 0.5) is 5.69 Å². The molecule has 8 heteroatoms. The standard InChI is InChI=1S/C19H16N4O4/c1-3-23-18(25)13-6-4-11(8-14(13)22-19(23)26)17(24)21-12-5-7-16-15(9-12)20-10(2)27-16/h4-9H,3H2,1-2H3,(H,21,24)(H,22,26). The van der Waals surface area contributed by atoms with E-state index in [1.165, 1.54) is 6.07 Å². The van der Waals surface area contributed by atoms with Gasteiger partial charge in [-0.05, 0) is 43.3 Å². The fourth-order valence-electron chi connectivity index (χ4n) is 3.01. The molecule has 0 aliphatic carbocycles. The van der Waals surface area contributed by atoms with E-state index in [2.05, 4.69) is 15.3 Å². The minimum atomic E-state index is -0.501. The van der Waals surface area contributed by atoms with E-state index < -0.39 is 5.69 Å². The van der Waals surface area contributed by atoms with Gasteiger partial charge in [0.1, 0.15) is 5.52 Å². The second-order valence-corrected chi connectivity index (χ2v) is 6.11. The molecule has 2 aromatic carbocycles. The van der Waals surface area contributed by atoms with Gasteiger partial charge in [-0.2, -0.15) is 0 Å². The molecule has 0 radical (unpaired) electrons. The van der Waals surface area contributed by atoms with Gasteiger partial charge in [-0.3, -0.25) is 14.2 Å². The van der Waals surface area contributed by atoms with E-state index in [9.17, 15) is 14.4 Å². The van der Waals surface area contributed by atoms with Crippen LogP contribution in [0.25, 0.3) is 22.0 Å². The van der Waals surface area contributed by atoms with Crippen LogP contribution in [0, 0.1) is 6.92 Å². The molecule has 0 aliphatic rings. The van der Waals surface area contributed by atoms with Crippen molar-refractivity contribution in [3.8, 4) is 0 Å². The first-order chi connectivity index (χ1) is 13.0. The number of nitrogens with zero attached hydrogens (tertiary/aromatic N) is 2. The number of anilines is 1. The first-order valence-electron chi connectivity index (χ1n) is 8.41. The molecule has 2 heterocycles. The molecule has 0 unspecified atom stereocenters. The van der Waals surface area contributed by atoms with E-state index in [4.69, 9.17) is 4.42 Å². The topological polar surface area (TPSA) is 110 Å². The molecule has 2 N–H and O–H groups in total. The van der Waals surface area contributed by atoms with Gasteiger partial charge in [0.25, 0.3) is 11.5 Å². The summed E-state index contributed by atoms with van der Waals surface area (Å²) >= 11 is 0. The summed E-state index contributed by atoms with van der Waals surface area (Å²) in [5.74, 6) is 0.182. The minimum absolute atomic E-state index is 0.274. The maximum atomic E-state index is 12.6. The van der Waals surface area contributed by atoms with Crippen molar-refractivity contribution in [2.24, 2.45) is 0 Å². The zero-order chi connectivity index (χ0) is 19.1. The van der Waals surface area contributed by atoms with Gasteiger partial charge in [-0.15, -0.1) is 0 Å². The molecule has 4 rings (SSSR count). The van der Waals surface area contributed by atoms with Crippen LogP contribution in [0.3, 0.4) is 0 Å². The zero-order valence-electron chi connectivity index (χ0n) is 14.7. The van der Waals surface area contributed by atoms with Gasteiger partial charge in [0.15, 0.2) is 11.5 Å². The Morgan fingerprint density at radius 1 is 1.22 bits per heavy atom. The Bertz CT molecular complexity index is 1310. The highest BCUT2D eigenvalue weighted by molar-refractivity contribution is 6.06. The number of fused-ring (bicyclic) bond motifs is 2. The third kappa shape index (κ3) is 2.91. The molecule has 8 nitrogen and oxygen atoms in total. The summed E-state index contributed by atoms with van der Waals surface area (Å²) in [5.41, 5.74) is 1.62. The lowest BCUT2D eigenvalue weighted by Crippen LogP contribution is -2.34. The van der Waals surface area contributed by atoms with Crippen LogP contribution in [0.1, 0.15) is 23.2 Å². The van der Waals surface area contributed by atoms with Crippen LogP contribution in [0.2, 0.25) is 0 Å². The number of rotatable bonds is 3. The van der Waals surface area contributed by atoms with Crippen LogP contribution < -0.4 is 16.6 Å². The number of carbonyl (C=O) groups is 1. The van der Waals surface area contributed by atoms with Crippen molar-refractivity contribution in [1.29, 1.82) is 0 Å². The molecule has 0 bridgehead atoms. The van der Waals surface area contributed by atoms with Gasteiger partial charge in [0.2, 0.25) is 0 Å². The first-order valence-corrected chi connectivity index (χ1v) is 8.41. The average Bonchev–Trinajstić information content (AvgIpc) is 3.00. The molecule has 0 atom stereocenters. The highest BCUT2D eigenvalue weighted by Gasteiger charge is 2.12. The SMILES string of the molecule is CCn1c(=O)[nH]c2cc(C(=O)Nc3ccc4oc(C)nc4c3)ccc2c1=O. The fraction of sp³-hybridized carbons (Fsp3) is 0.158. The summed E-state index contributed by atoms with van der Waals surface area (Å²) in [7, 11) is 0. The van der Waals surface area contributed by atoms with E-state index in [0.29, 0.717) is 39.1 Å². The second-order valence-electron chi connectivity index (χ2n) is 6.11. The van der Waals surface area contributed by atoms with Crippen molar-refractivity contribution in [1.82, 2.24) is 14.5 Å². The number of oxazole rings is 1. The van der Waals surface area contributed by atoms with Crippen molar-refractivity contribution in [3.63, 3.8) is 0 Å². The second kappa shape index (κ2) is 6.24. The first kappa shape index (κ1) is 16.8. The smallest absolute Gasteiger partial charge is 0.328 e. The predicted molar refractivity (Wildman–Crippen MR) is 101 cm³/mol. The van der Waals surface area contributed by atoms with Crippen LogP contribution in [-0.2, 0) is 6.54 Å². The summed E-state index contributed by atoms with van der Waals surface area (Å²) in [6, 6.07) is 9.75. The fourth-order valence-corrected chi connectivity index (χ4v) is 3.01. The third-order valence-corrected chi connectivity index (χ3v) is 4.31. The van der Waals surface area contributed by atoms with Crippen molar-refractivity contribution in [2.45, 2.75) is 20.4 Å². The van der Waals surface area contributed by atoms with E-state index in [0.717, 1.165) is 4.57 Å². The Hall–Kier alpha value is -3.68. The highest BCUT2D eigenvalue weighted by atomic mass is 16.3. The van der Waals surface area contributed by atoms with Gasteiger partial charge in [0, 0.05) is 24.7 Å². The largest absolute Gasteiger partial charge is 0.441 e. The third-order valence-electron chi connectivity index (χ3n) is 4.31. The predicted octanol–water partition coefficient (Wildman–Crippen LogP) is 2.41. The average molecular weight is 364 g/mol. The van der Waals surface area contributed by atoms with E-state index in [-0.39, 0.29) is 18.0 Å². The number of carbonyl (C=O) groups excluding carboxylic acids is 1. The summed E-state index contributed by atoms with van der Waals surface area (Å²) in [5, 5.41) is 3.13. The molecule has 0 saturated heterocycles. The molecule has 0 spiro atoms. The number of aryl methyl sites for hydroxylation is 1. The summed E-state index contributed by atoms with van der Waals surface area (Å²) < 4.78 is 6.52. The lowest BCUT2D eigenvalue weighted by atomic mass is 10.1. The highest BCUT2D eigenvalue weighted by Crippen LogP contribution is 2.20. The molecule has 0 aliphatic heterocycles. The van der Waals surface area contributed by atoms with E-state index >= 15 is 0 Å². The number of benzene rings is 2. The van der Waals surface area contributed by atoms with Crippen molar-refractivity contribution in [2.75, 3.05) is 5.32 Å². The van der Waals surface area contributed by atoms with Gasteiger partial charge in [-0.1, -0.05) is 0 Å². The van der Waals surface area contributed by atoms with Crippen molar-refractivity contribution < 1.29 is 9.21 Å². The number of hydrogen-bond acceptors (Lipinski definition) is 5. The molecular formula is C19H16N4O4. The van der Waals surface area contributed by atoms with Crippen LogP contribution >= 0.6 is 0 Å². The molecule has 0 fully saturated rings. The summed E-state index contributed by atoms with van der Waals surface area (Å²) in [6.45, 7) is 3.74. The molecule has 4 aromatic rings. The maximum absolute atomic E-state index is 12.6. The number of H-pyrrole nitrogens is 1. The number of amides is 1. The number of hydrogen-bond donors (Lipinski definition) is 2. The van der Waals surface area contributed by atoms with Crippen LogP contribution in [0.5, 0.6) is 0 Å². The van der Waals surface area contributed by atoms with Gasteiger partial charge in [-0.25, -0.2) is 9.78 Å². The Labute approximate surface area is 152 Å². The lowest BCUT2D eigenvalue weighted by Gasteiger charge is -2.07. The molecule has 2 aromatic heterocycles. The Morgan fingerprint density at radius 2 is 2.04 bits per heavy atom. The molecule has 27 heavy (non-hydrogen) atoms. The Morgan fingerprint density at radius 3 is 2.81 bits per heavy atom. The lowest BCUT2D eigenvalue weighted by molar-refractivity contribution is 0.102. The normalized spacial score (nSPS) is 11.2. The monoisotopic (exact) mass is 364 g/mol. The zero-order valence-corrected chi connectivity index (χ0v) is 14.7. The molecule has 0 saturated carbocycles. The number of aromatic amines is 1. The Balaban J connectivity index is 1.69. The Kier molecular flexibility index (Phi) is 3.88. The number of nitrogens with one attached hydrogen (secondary N) is 2. The quantitative estimate of drug-likeness (QED) is 0.580. The van der Waals surface area contributed by atoms with Gasteiger partial charge in [0.05, 0.1) is 10.9 Å². The van der Waals surface area contributed by atoms with Gasteiger partial charge < -0.3 is 14.7 Å².